The fourth-order valence-corrected chi connectivity index (χ4v) is 2.90. The van der Waals surface area contributed by atoms with Gasteiger partial charge in [0.25, 0.3) is 0 Å². The molecule has 2 fully saturated rings. The van der Waals surface area contributed by atoms with Crippen LogP contribution in [0.4, 0.5) is 0 Å². The van der Waals surface area contributed by atoms with E-state index >= 15 is 0 Å². The number of aromatic nitrogens is 2. The van der Waals surface area contributed by atoms with Crippen molar-refractivity contribution < 1.29 is 0 Å². The van der Waals surface area contributed by atoms with Crippen molar-refractivity contribution >= 4 is 0 Å². The summed E-state index contributed by atoms with van der Waals surface area (Å²) >= 11 is 0. The van der Waals surface area contributed by atoms with E-state index in [9.17, 15) is 0 Å². The Hall–Kier alpha value is -0.830. The van der Waals surface area contributed by atoms with E-state index in [-0.39, 0.29) is 0 Å². The molecule has 3 rings (SSSR count). The van der Waals surface area contributed by atoms with Crippen LogP contribution in [0.25, 0.3) is 0 Å². The van der Waals surface area contributed by atoms with Gasteiger partial charge in [-0.3, -0.25) is 4.68 Å². The molecule has 1 N–H and O–H groups in total. The predicted molar refractivity (Wildman–Crippen MR) is 73.4 cm³/mol. The van der Waals surface area contributed by atoms with Crippen LogP contribution in [0.5, 0.6) is 0 Å². The van der Waals surface area contributed by atoms with Gasteiger partial charge in [-0.25, -0.2) is 0 Å². The third-order valence-corrected chi connectivity index (χ3v) is 4.57. The molecule has 0 aromatic carbocycles. The largest absolute Gasteiger partial charge is 0.311 e. The van der Waals surface area contributed by atoms with E-state index < -0.39 is 0 Å². The van der Waals surface area contributed by atoms with Gasteiger partial charge in [0.1, 0.15) is 0 Å². The first kappa shape index (κ1) is 12.2. The summed E-state index contributed by atoms with van der Waals surface area (Å²) in [5.74, 6) is 0. The van der Waals surface area contributed by atoms with E-state index in [0.717, 1.165) is 13.1 Å². The van der Waals surface area contributed by atoms with Gasteiger partial charge < -0.3 is 5.32 Å². The first-order chi connectivity index (χ1) is 8.75. The Morgan fingerprint density at radius 1 is 1.33 bits per heavy atom. The van der Waals surface area contributed by atoms with Crippen LogP contribution in [0.15, 0.2) is 12.3 Å². The Labute approximate surface area is 110 Å². The fourth-order valence-electron chi connectivity index (χ4n) is 2.90. The fraction of sp³-hybridized carbons (Fsp3) is 0.800. The molecule has 100 valence electrons. The van der Waals surface area contributed by atoms with Gasteiger partial charge in [-0.15, -0.1) is 0 Å². The van der Waals surface area contributed by atoms with Crippen molar-refractivity contribution in [2.75, 3.05) is 6.54 Å². The lowest BCUT2D eigenvalue weighted by Gasteiger charge is -2.21. The zero-order valence-corrected chi connectivity index (χ0v) is 11.5. The van der Waals surface area contributed by atoms with Crippen molar-refractivity contribution in [3.63, 3.8) is 0 Å². The minimum absolute atomic E-state index is 0.589. The third-order valence-electron chi connectivity index (χ3n) is 4.57. The summed E-state index contributed by atoms with van der Waals surface area (Å²) in [6, 6.07) is 2.84. The summed E-state index contributed by atoms with van der Waals surface area (Å²) in [7, 11) is 0. The van der Waals surface area contributed by atoms with Crippen LogP contribution in [0.3, 0.4) is 0 Å². The molecule has 2 aliphatic rings. The van der Waals surface area contributed by atoms with Crippen molar-refractivity contribution in [3.8, 4) is 0 Å². The molecule has 0 unspecified atom stereocenters. The highest BCUT2D eigenvalue weighted by atomic mass is 15.3. The van der Waals surface area contributed by atoms with Gasteiger partial charge in [-0.05, 0) is 37.2 Å². The topological polar surface area (TPSA) is 29.9 Å². The maximum Gasteiger partial charge on any atom is 0.0762 e. The summed E-state index contributed by atoms with van der Waals surface area (Å²) in [6.07, 6.45) is 11.7. The number of hydrogen-bond donors (Lipinski definition) is 1. The van der Waals surface area contributed by atoms with Gasteiger partial charge in [0.2, 0.25) is 0 Å². The SMILES string of the molecule is CC1(CNCc2ccn(C3CCCCC3)n2)CC1. The van der Waals surface area contributed by atoms with Crippen LogP contribution in [-0.2, 0) is 6.54 Å². The summed E-state index contributed by atoms with van der Waals surface area (Å²) < 4.78 is 2.20. The van der Waals surface area contributed by atoms with Gasteiger partial charge in [0, 0.05) is 19.3 Å². The lowest BCUT2D eigenvalue weighted by molar-refractivity contribution is 0.327. The van der Waals surface area contributed by atoms with Crippen LogP contribution in [0.1, 0.15) is 63.6 Å². The van der Waals surface area contributed by atoms with Crippen LogP contribution in [0, 0.1) is 5.41 Å². The predicted octanol–water partition coefficient (Wildman–Crippen LogP) is 3.28. The summed E-state index contributed by atoms with van der Waals surface area (Å²) in [4.78, 5) is 0. The molecule has 0 amide bonds. The molecule has 18 heavy (non-hydrogen) atoms. The molecule has 1 heterocycles. The molecule has 1 aromatic rings. The smallest absolute Gasteiger partial charge is 0.0762 e. The highest BCUT2D eigenvalue weighted by Crippen LogP contribution is 2.44. The monoisotopic (exact) mass is 247 g/mol. The van der Waals surface area contributed by atoms with Gasteiger partial charge in [-0.1, -0.05) is 26.2 Å². The van der Waals surface area contributed by atoms with E-state index in [0.29, 0.717) is 11.5 Å². The molecule has 0 spiro atoms. The molecule has 0 saturated heterocycles. The van der Waals surface area contributed by atoms with Crippen molar-refractivity contribution in [1.82, 2.24) is 15.1 Å². The van der Waals surface area contributed by atoms with E-state index in [2.05, 4.69) is 29.2 Å². The van der Waals surface area contributed by atoms with Gasteiger partial charge >= 0.3 is 0 Å². The van der Waals surface area contributed by atoms with E-state index in [1.807, 2.05) is 0 Å². The quantitative estimate of drug-likeness (QED) is 0.865. The number of nitrogens with one attached hydrogen (secondary N) is 1. The molecule has 0 bridgehead atoms. The van der Waals surface area contributed by atoms with Crippen LogP contribution in [-0.4, -0.2) is 16.3 Å². The summed E-state index contributed by atoms with van der Waals surface area (Å²) in [6.45, 7) is 4.43. The maximum absolute atomic E-state index is 4.73. The van der Waals surface area contributed by atoms with E-state index in [4.69, 9.17) is 5.10 Å². The van der Waals surface area contributed by atoms with Crippen LogP contribution < -0.4 is 5.32 Å². The zero-order valence-electron chi connectivity index (χ0n) is 11.5. The van der Waals surface area contributed by atoms with Crippen molar-refractivity contribution in [2.24, 2.45) is 5.41 Å². The Kier molecular flexibility index (Phi) is 3.42. The second-order valence-corrected chi connectivity index (χ2v) is 6.49. The van der Waals surface area contributed by atoms with Gasteiger partial charge in [0.05, 0.1) is 11.7 Å². The Bertz CT molecular complexity index is 386. The molecular formula is C15H25N3. The van der Waals surface area contributed by atoms with Gasteiger partial charge in [0.15, 0.2) is 0 Å². The standard InChI is InChI=1S/C15H25N3/c1-15(8-9-15)12-16-11-13-7-10-18(17-13)14-5-3-2-4-6-14/h7,10,14,16H,2-6,8-9,11-12H2,1H3. The molecule has 1 aromatic heterocycles. The first-order valence-corrected chi connectivity index (χ1v) is 7.50. The normalized spacial score (nSPS) is 23.2. The highest BCUT2D eigenvalue weighted by Gasteiger charge is 2.36. The minimum atomic E-state index is 0.589. The molecule has 0 radical (unpaired) electrons. The van der Waals surface area contributed by atoms with E-state index in [1.54, 1.807) is 0 Å². The second-order valence-electron chi connectivity index (χ2n) is 6.49. The molecule has 3 nitrogen and oxygen atoms in total. The molecule has 0 aliphatic heterocycles. The summed E-state index contributed by atoms with van der Waals surface area (Å²) in [5, 5.41) is 8.27. The Morgan fingerprint density at radius 2 is 2.11 bits per heavy atom. The van der Waals surface area contributed by atoms with Crippen LogP contribution in [0.2, 0.25) is 0 Å². The molecule has 2 aliphatic carbocycles. The average molecular weight is 247 g/mol. The molecular weight excluding hydrogens is 222 g/mol. The highest BCUT2D eigenvalue weighted by molar-refractivity contribution is 5.00. The second kappa shape index (κ2) is 5.04. The molecule has 2 saturated carbocycles. The average Bonchev–Trinajstić information content (AvgIpc) is 2.94. The number of rotatable bonds is 5. The first-order valence-electron chi connectivity index (χ1n) is 7.50. The maximum atomic E-state index is 4.73. The zero-order chi connectivity index (χ0) is 12.4. The van der Waals surface area contributed by atoms with E-state index in [1.165, 1.54) is 50.6 Å². The third kappa shape index (κ3) is 2.94. The molecule has 0 atom stereocenters. The van der Waals surface area contributed by atoms with Crippen molar-refractivity contribution in [2.45, 2.75) is 64.5 Å². The number of hydrogen-bond acceptors (Lipinski definition) is 2. The van der Waals surface area contributed by atoms with Crippen LogP contribution >= 0.6 is 0 Å². The lowest BCUT2D eigenvalue weighted by Crippen LogP contribution is -2.22. The summed E-state index contributed by atoms with van der Waals surface area (Å²) in [5.41, 5.74) is 1.79. The Balaban J connectivity index is 1.49. The van der Waals surface area contributed by atoms with Gasteiger partial charge in [-0.2, -0.15) is 5.10 Å². The minimum Gasteiger partial charge on any atom is -0.311 e. The van der Waals surface area contributed by atoms with Crippen molar-refractivity contribution in [3.05, 3.63) is 18.0 Å². The Morgan fingerprint density at radius 3 is 2.83 bits per heavy atom. The number of nitrogens with zero attached hydrogens (tertiary/aromatic N) is 2. The molecule has 3 heteroatoms. The van der Waals surface area contributed by atoms with Crippen molar-refractivity contribution in [1.29, 1.82) is 0 Å². The lowest BCUT2D eigenvalue weighted by atomic mass is 9.96.